The summed E-state index contributed by atoms with van der Waals surface area (Å²) in [4.78, 5) is 0. The Morgan fingerprint density at radius 3 is 2.81 bits per heavy atom. The third kappa shape index (κ3) is 2.37. The quantitative estimate of drug-likeness (QED) is 0.569. The van der Waals surface area contributed by atoms with Crippen molar-refractivity contribution in [2.24, 2.45) is 5.84 Å². The molecule has 21 heavy (non-hydrogen) atoms. The largest absolute Gasteiger partial charge is 0.497 e. The van der Waals surface area contributed by atoms with Gasteiger partial charge in [-0.15, -0.1) is 0 Å². The third-order valence-electron chi connectivity index (χ3n) is 3.72. The molecular weight excluding hydrogens is 264 g/mol. The molecule has 2 aromatic heterocycles. The maximum Gasteiger partial charge on any atom is 0.119 e. The van der Waals surface area contributed by atoms with Gasteiger partial charge in [0, 0.05) is 11.8 Å². The molecule has 108 valence electrons. The Bertz CT molecular complexity index is 766. The number of benzene rings is 1. The predicted octanol–water partition coefficient (Wildman–Crippen LogP) is 2.20. The van der Waals surface area contributed by atoms with Crippen LogP contribution in [0.2, 0.25) is 0 Å². The van der Waals surface area contributed by atoms with Crippen LogP contribution in [-0.2, 0) is 0 Å². The summed E-state index contributed by atoms with van der Waals surface area (Å²) in [7, 11) is 1.67. The van der Waals surface area contributed by atoms with E-state index in [1.54, 1.807) is 7.11 Å². The summed E-state index contributed by atoms with van der Waals surface area (Å²) in [5.41, 5.74) is 7.21. The van der Waals surface area contributed by atoms with Gasteiger partial charge in [0.05, 0.1) is 24.9 Å². The van der Waals surface area contributed by atoms with Crippen molar-refractivity contribution >= 4 is 5.52 Å². The normalized spacial score (nSPS) is 12.5. The monoisotopic (exact) mass is 282 g/mol. The van der Waals surface area contributed by atoms with Gasteiger partial charge in [0.25, 0.3) is 0 Å². The fraction of sp³-hybridized carbons (Fsp3) is 0.188. The number of hydrogen-bond donors (Lipinski definition) is 2. The predicted molar refractivity (Wildman–Crippen MR) is 82.1 cm³/mol. The lowest BCUT2D eigenvalue weighted by atomic mass is 9.96. The van der Waals surface area contributed by atoms with Crippen LogP contribution < -0.4 is 16.0 Å². The number of pyridine rings is 1. The third-order valence-corrected chi connectivity index (χ3v) is 3.72. The molecule has 1 atom stereocenters. The van der Waals surface area contributed by atoms with Gasteiger partial charge in [0.15, 0.2) is 0 Å². The lowest BCUT2D eigenvalue weighted by Crippen LogP contribution is -2.29. The van der Waals surface area contributed by atoms with Crippen LogP contribution in [-0.4, -0.2) is 16.7 Å². The molecule has 0 amide bonds. The number of aromatic nitrogens is 2. The summed E-state index contributed by atoms with van der Waals surface area (Å²) in [6.07, 6.45) is 3.77. The van der Waals surface area contributed by atoms with Crippen LogP contribution >= 0.6 is 0 Å². The highest BCUT2D eigenvalue weighted by molar-refractivity contribution is 5.58. The average molecular weight is 282 g/mol. The zero-order chi connectivity index (χ0) is 14.8. The van der Waals surface area contributed by atoms with E-state index in [9.17, 15) is 0 Å². The molecule has 0 saturated carbocycles. The zero-order valence-corrected chi connectivity index (χ0v) is 12.1. The lowest BCUT2D eigenvalue weighted by Gasteiger charge is -2.18. The fourth-order valence-corrected chi connectivity index (χ4v) is 2.62. The van der Waals surface area contributed by atoms with Crippen molar-refractivity contribution in [3.8, 4) is 5.75 Å². The number of nitrogens with zero attached hydrogens (tertiary/aromatic N) is 2. The number of hydrogen-bond acceptors (Lipinski definition) is 4. The van der Waals surface area contributed by atoms with E-state index in [-0.39, 0.29) is 6.04 Å². The second kappa shape index (κ2) is 5.55. The second-order valence-corrected chi connectivity index (χ2v) is 4.95. The van der Waals surface area contributed by atoms with E-state index in [0.29, 0.717) is 0 Å². The molecule has 0 spiro atoms. The summed E-state index contributed by atoms with van der Waals surface area (Å²) < 4.78 is 7.10. The fourth-order valence-electron chi connectivity index (χ4n) is 2.62. The summed E-state index contributed by atoms with van der Waals surface area (Å²) in [5, 5.41) is 4.37. The Kier molecular flexibility index (Phi) is 3.60. The van der Waals surface area contributed by atoms with E-state index in [1.807, 2.05) is 60.2 Å². The second-order valence-electron chi connectivity index (χ2n) is 4.95. The van der Waals surface area contributed by atoms with E-state index in [4.69, 9.17) is 10.6 Å². The smallest absolute Gasteiger partial charge is 0.119 e. The van der Waals surface area contributed by atoms with E-state index in [1.165, 1.54) is 0 Å². The van der Waals surface area contributed by atoms with Crippen LogP contribution in [0.25, 0.3) is 5.52 Å². The number of methoxy groups -OCH3 is 1. The van der Waals surface area contributed by atoms with Crippen molar-refractivity contribution in [1.82, 2.24) is 15.0 Å². The highest BCUT2D eigenvalue weighted by atomic mass is 16.5. The Hall–Kier alpha value is -2.37. The van der Waals surface area contributed by atoms with E-state index in [0.717, 1.165) is 28.0 Å². The maximum absolute atomic E-state index is 5.81. The molecule has 0 aliphatic heterocycles. The molecule has 0 aliphatic rings. The van der Waals surface area contributed by atoms with E-state index in [2.05, 4.69) is 10.5 Å². The number of aryl methyl sites for hydroxylation is 1. The van der Waals surface area contributed by atoms with Gasteiger partial charge in [-0.1, -0.05) is 12.1 Å². The van der Waals surface area contributed by atoms with Crippen LogP contribution in [0.1, 0.15) is 22.7 Å². The minimum absolute atomic E-state index is 0.115. The molecule has 5 heteroatoms. The van der Waals surface area contributed by atoms with Gasteiger partial charge in [-0.05, 0) is 42.3 Å². The first-order chi connectivity index (χ1) is 10.2. The highest BCUT2D eigenvalue weighted by Gasteiger charge is 2.19. The standard InChI is InChI=1S/C16H18N4O/c1-11-9-12(21-2)6-7-13(11)16(19-17)14-10-18-20-8-4-3-5-15(14)20/h3-10,16,19H,17H2,1-2H3. The highest BCUT2D eigenvalue weighted by Crippen LogP contribution is 2.29. The molecule has 0 bridgehead atoms. The van der Waals surface area contributed by atoms with E-state index >= 15 is 0 Å². The Labute approximate surface area is 123 Å². The minimum atomic E-state index is -0.115. The molecule has 3 N–H and O–H groups in total. The van der Waals surface area contributed by atoms with Crippen LogP contribution in [0.3, 0.4) is 0 Å². The van der Waals surface area contributed by atoms with Gasteiger partial charge in [-0.2, -0.15) is 5.10 Å². The van der Waals surface area contributed by atoms with Crippen LogP contribution in [0.4, 0.5) is 0 Å². The Morgan fingerprint density at radius 1 is 1.24 bits per heavy atom. The molecule has 1 unspecified atom stereocenters. The summed E-state index contributed by atoms with van der Waals surface area (Å²) in [5.74, 6) is 6.65. The first-order valence-electron chi connectivity index (χ1n) is 6.77. The number of nitrogens with one attached hydrogen (secondary N) is 1. The van der Waals surface area contributed by atoms with Gasteiger partial charge in [-0.25, -0.2) is 9.94 Å². The van der Waals surface area contributed by atoms with Crippen molar-refractivity contribution in [1.29, 1.82) is 0 Å². The van der Waals surface area contributed by atoms with Crippen molar-refractivity contribution in [3.63, 3.8) is 0 Å². The molecule has 0 radical (unpaired) electrons. The van der Waals surface area contributed by atoms with Gasteiger partial charge in [0.2, 0.25) is 0 Å². The molecule has 3 aromatic rings. The molecule has 0 fully saturated rings. The van der Waals surface area contributed by atoms with Gasteiger partial charge < -0.3 is 4.74 Å². The van der Waals surface area contributed by atoms with E-state index < -0.39 is 0 Å². The van der Waals surface area contributed by atoms with Gasteiger partial charge in [0.1, 0.15) is 5.75 Å². The van der Waals surface area contributed by atoms with Crippen molar-refractivity contribution < 1.29 is 4.74 Å². The summed E-state index contributed by atoms with van der Waals surface area (Å²) >= 11 is 0. The number of fused-ring (bicyclic) bond motifs is 1. The average Bonchev–Trinajstić information content (AvgIpc) is 2.94. The Balaban J connectivity index is 2.10. The van der Waals surface area contributed by atoms with Crippen LogP contribution in [0, 0.1) is 6.92 Å². The molecule has 5 nitrogen and oxygen atoms in total. The summed E-state index contributed by atoms with van der Waals surface area (Å²) in [6.45, 7) is 2.05. The minimum Gasteiger partial charge on any atom is -0.497 e. The lowest BCUT2D eigenvalue weighted by molar-refractivity contribution is 0.414. The van der Waals surface area contributed by atoms with Crippen molar-refractivity contribution in [2.75, 3.05) is 7.11 Å². The molecule has 0 saturated heterocycles. The molecule has 0 aliphatic carbocycles. The van der Waals surface area contributed by atoms with Crippen molar-refractivity contribution in [2.45, 2.75) is 13.0 Å². The molecule has 3 rings (SSSR count). The first kappa shape index (κ1) is 13.6. The van der Waals surface area contributed by atoms with Crippen molar-refractivity contribution in [3.05, 3.63) is 65.5 Å². The molecular formula is C16H18N4O. The van der Waals surface area contributed by atoms with Gasteiger partial charge >= 0.3 is 0 Å². The molecule has 1 aromatic carbocycles. The number of nitrogens with two attached hydrogens (primary N) is 1. The number of ether oxygens (including phenoxy) is 1. The number of hydrazine groups is 1. The topological polar surface area (TPSA) is 64.6 Å². The zero-order valence-electron chi connectivity index (χ0n) is 12.1. The number of rotatable bonds is 4. The Morgan fingerprint density at radius 2 is 2.10 bits per heavy atom. The first-order valence-corrected chi connectivity index (χ1v) is 6.77. The van der Waals surface area contributed by atoms with Crippen LogP contribution in [0.5, 0.6) is 5.75 Å². The van der Waals surface area contributed by atoms with Crippen LogP contribution in [0.15, 0.2) is 48.8 Å². The van der Waals surface area contributed by atoms with Gasteiger partial charge in [-0.3, -0.25) is 5.84 Å². The molecule has 2 heterocycles. The SMILES string of the molecule is COc1ccc(C(NN)c2cnn3ccccc23)c(C)c1. The summed E-state index contributed by atoms with van der Waals surface area (Å²) in [6, 6.07) is 11.8. The maximum atomic E-state index is 5.81.